The van der Waals surface area contributed by atoms with Gasteiger partial charge in [-0.2, -0.15) is 0 Å². The molecule has 0 saturated carbocycles. The second-order valence-electron chi connectivity index (χ2n) is 8.60. The topological polar surface area (TPSA) is 49.4 Å². The summed E-state index contributed by atoms with van der Waals surface area (Å²) in [6.45, 7) is 6.07. The number of nitrogens with zero attached hydrogens (tertiary/aromatic N) is 1. The van der Waals surface area contributed by atoms with Gasteiger partial charge in [0, 0.05) is 34.6 Å². The number of rotatable bonds is 10. The molecule has 1 N–H and O–H groups in total. The molecule has 0 spiro atoms. The molecule has 2 unspecified atom stereocenters. The number of hydrogen-bond acceptors (Lipinski definition) is 2. The van der Waals surface area contributed by atoms with Crippen LogP contribution in [-0.4, -0.2) is 28.8 Å². The highest BCUT2D eigenvalue weighted by Crippen LogP contribution is 2.28. The number of hydrogen-bond donors (Lipinski definition) is 1. The zero-order chi connectivity index (χ0) is 24.7. The van der Waals surface area contributed by atoms with E-state index in [2.05, 4.69) is 29.6 Å². The number of aryl methyl sites for hydroxylation is 1. The SMILES string of the molecule is CCC(C)NC(=O)C(CC)N(Cc1c(Cl)cccc1Cl)C(=O)CCc1cccc2ccccc12. The van der Waals surface area contributed by atoms with Gasteiger partial charge in [0.25, 0.3) is 0 Å². The molecule has 0 bridgehead atoms. The second-order valence-corrected chi connectivity index (χ2v) is 9.42. The van der Waals surface area contributed by atoms with Crippen molar-refractivity contribution in [3.05, 3.63) is 81.8 Å². The van der Waals surface area contributed by atoms with E-state index in [1.54, 1.807) is 23.1 Å². The van der Waals surface area contributed by atoms with Crippen LogP contribution in [0.4, 0.5) is 0 Å². The van der Waals surface area contributed by atoms with Crippen LogP contribution in [0.3, 0.4) is 0 Å². The van der Waals surface area contributed by atoms with Gasteiger partial charge in [0.15, 0.2) is 0 Å². The summed E-state index contributed by atoms with van der Waals surface area (Å²) in [5, 5.41) is 6.28. The summed E-state index contributed by atoms with van der Waals surface area (Å²) in [7, 11) is 0. The lowest BCUT2D eigenvalue weighted by molar-refractivity contribution is -0.141. The van der Waals surface area contributed by atoms with Crippen molar-refractivity contribution in [1.29, 1.82) is 0 Å². The van der Waals surface area contributed by atoms with Crippen LogP contribution in [0, 0.1) is 0 Å². The van der Waals surface area contributed by atoms with Gasteiger partial charge in [0.05, 0.1) is 0 Å². The quantitative estimate of drug-likeness (QED) is 0.334. The van der Waals surface area contributed by atoms with Gasteiger partial charge in [-0.3, -0.25) is 9.59 Å². The predicted octanol–water partition coefficient (Wildman–Crippen LogP) is 6.80. The van der Waals surface area contributed by atoms with E-state index in [4.69, 9.17) is 23.2 Å². The van der Waals surface area contributed by atoms with Crippen LogP contribution in [0.15, 0.2) is 60.7 Å². The molecule has 34 heavy (non-hydrogen) atoms. The van der Waals surface area contributed by atoms with Crippen molar-refractivity contribution < 1.29 is 9.59 Å². The molecule has 0 aliphatic rings. The molecule has 0 fully saturated rings. The monoisotopic (exact) mass is 498 g/mol. The Kier molecular flexibility index (Phi) is 9.37. The highest BCUT2D eigenvalue weighted by Gasteiger charge is 2.30. The first kappa shape index (κ1) is 26.1. The molecule has 3 rings (SSSR count). The van der Waals surface area contributed by atoms with Gasteiger partial charge in [-0.15, -0.1) is 0 Å². The summed E-state index contributed by atoms with van der Waals surface area (Å²) in [4.78, 5) is 28.4. The summed E-state index contributed by atoms with van der Waals surface area (Å²) in [6, 6.07) is 19.0. The fourth-order valence-corrected chi connectivity index (χ4v) is 4.63. The van der Waals surface area contributed by atoms with Crippen molar-refractivity contribution in [2.45, 2.75) is 65.1 Å². The normalized spacial score (nSPS) is 12.9. The van der Waals surface area contributed by atoms with Crippen molar-refractivity contribution in [2.75, 3.05) is 0 Å². The lowest BCUT2D eigenvalue weighted by atomic mass is 10.00. The molecule has 0 radical (unpaired) electrons. The van der Waals surface area contributed by atoms with Crippen LogP contribution in [-0.2, 0) is 22.6 Å². The lowest BCUT2D eigenvalue weighted by Crippen LogP contribution is -2.50. The van der Waals surface area contributed by atoms with Gasteiger partial charge in [-0.1, -0.05) is 85.6 Å². The predicted molar refractivity (Wildman–Crippen MR) is 141 cm³/mol. The molecule has 0 aromatic heterocycles. The van der Waals surface area contributed by atoms with Crippen molar-refractivity contribution in [1.82, 2.24) is 10.2 Å². The third-order valence-electron chi connectivity index (χ3n) is 6.27. The maximum absolute atomic E-state index is 13.6. The van der Waals surface area contributed by atoms with E-state index in [1.165, 1.54) is 0 Å². The Morgan fingerprint density at radius 2 is 1.56 bits per heavy atom. The van der Waals surface area contributed by atoms with E-state index in [0.29, 0.717) is 28.5 Å². The van der Waals surface area contributed by atoms with Crippen molar-refractivity contribution in [2.24, 2.45) is 0 Å². The van der Waals surface area contributed by atoms with E-state index in [-0.39, 0.29) is 30.8 Å². The fourth-order valence-electron chi connectivity index (χ4n) is 4.11. The van der Waals surface area contributed by atoms with Gasteiger partial charge < -0.3 is 10.2 Å². The summed E-state index contributed by atoms with van der Waals surface area (Å²) in [6.07, 6.45) is 2.16. The molecular weight excluding hydrogens is 467 g/mol. The fraction of sp³-hybridized carbons (Fsp3) is 0.357. The summed E-state index contributed by atoms with van der Waals surface area (Å²) in [5.41, 5.74) is 1.76. The molecule has 0 saturated heterocycles. The van der Waals surface area contributed by atoms with Crippen LogP contribution < -0.4 is 5.32 Å². The number of carbonyl (C=O) groups excluding carboxylic acids is 2. The molecule has 180 valence electrons. The minimum Gasteiger partial charge on any atom is -0.352 e. The van der Waals surface area contributed by atoms with Gasteiger partial charge >= 0.3 is 0 Å². The number of benzene rings is 3. The molecule has 3 aromatic rings. The molecule has 4 nitrogen and oxygen atoms in total. The molecule has 6 heteroatoms. The van der Waals surface area contributed by atoms with E-state index in [9.17, 15) is 9.59 Å². The second kappa shape index (κ2) is 12.2. The highest BCUT2D eigenvalue weighted by molar-refractivity contribution is 6.36. The summed E-state index contributed by atoms with van der Waals surface area (Å²) in [5.74, 6) is -0.256. The van der Waals surface area contributed by atoms with Crippen LogP contribution in [0.2, 0.25) is 10.0 Å². The Morgan fingerprint density at radius 3 is 2.24 bits per heavy atom. The minimum atomic E-state index is -0.610. The number of amides is 2. The molecule has 3 aromatic carbocycles. The van der Waals surface area contributed by atoms with E-state index in [1.807, 2.05) is 39.0 Å². The number of nitrogens with one attached hydrogen (secondary N) is 1. The summed E-state index contributed by atoms with van der Waals surface area (Å²) >= 11 is 12.9. The van der Waals surface area contributed by atoms with Crippen LogP contribution in [0.25, 0.3) is 10.8 Å². The van der Waals surface area contributed by atoms with Gasteiger partial charge in [-0.25, -0.2) is 0 Å². The maximum atomic E-state index is 13.6. The van der Waals surface area contributed by atoms with E-state index in [0.717, 1.165) is 22.8 Å². The standard InChI is InChI=1S/C28H32Cl2N2O2/c1-4-19(3)31-28(34)26(5-2)32(18-23-24(29)14-9-15-25(23)30)27(33)17-16-21-12-8-11-20-10-6-7-13-22(20)21/h6-15,19,26H,4-5,16-18H2,1-3H3,(H,31,34). The van der Waals surface area contributed by atoms with Crippen LogP contribution in [0.1, 0.15) is 51.2 Å². The minimum absolute atomic E-state index is 0.0260. The largest absolute Gasteiger partial charge is 0.352 e. The van der Waals surface area contributed by atoms with E-state index < -0.39 is 6.04 Å². The first-order chi connectivity index (χ1) is 16.3. The third kappa shape index (κ3) is 6.31. The van der Waals surface area contributed by atoms with Crippen LogP contribution >= 0.6 is 23.2 Å². The summed E-state index contributed by atoms with van der Waals surface area (Å²) < 4.78 is 0. The highest BCUT2D eigenvalue weighted by atomic mass is 35.5. The lowest BCUT2D eigenvalue weighted by Gasteiger charge is -2.32. The zero-order valence-corrected chi connectivity index (χ0v) is 21.5. The molecule has 2 amide bonds. The number of carbonyl (C=O) groups is 2. The van der Waals surface area contributed by atoms with Crippen molar-refractivity contribution in [3.63, 3.8) is 0 Å². The Labute approximate surface area is 212 Å². The average Bonchev–Trinajstić information content (AvgIpc) is 2.84. The maximum Gasteiger partial charge on any atom is 0.243 e. The number of fused-ring (bicyclic) bond motifs is 1. The Hall–Kier alpha value is -2.56. The average molecular weight is 499 g/mol. The van der Waals surface area contributed by atoms with Crippen molar-refractivity contribution in [3.8, 4) is 0 Å². The van der Waals surface area contributed by atoms with Crippen molar-refractivity contribution >= 4 is 45.8 Å². The molecular formula is C28H32Cl2N2O2. The van der Waals surface area contributed by atoms with Gasteiger partial charge in [0.1, 0.15) is 6.04 Å². The zero-order valence-electron chi connectivity index (χ0n) is 20.0. The van der Waals surface area contributed by atoms with Gasteiger partial charge in [-0.05, 0) is 54.7 Å². The molecule has 0 heterocycles. The first-order valence-electron chi connectivity index (χ1n) is 11.8. The van der Waals surface area contributed by atoms with Crippen LogP contribution in [0.5, 0.6) is 0 Å². The van der Waals surface area contributed by atoms with Gasteiger partial charge in [0.2, 0.25) is 11.8 Å². The molecule has 0 aliphatic carbocycles. The molecule has 0 aliphatic heterocycles. The number of halogens is 2. The Bertz CT molecular complexity index is 1120. The Morgan fingerprint density at radius 1 is 0.912 bits per heavy atom. The third-order valence-corrected chi connectivity index (χ3v) is 6.97. The smallest absolute Gasteiger partial charge is 0.243 e. The Balaban J connectivity index is 1.88. The molecule has 2 atom stereocenters. The van der Waals surface area contributed by atoms with E-state index >= 15 is 0 Å². The first-order valence-corrected chi connectivity index (χ1v) is 12.6.